The van der Waals surface area contributed by atoms with E-state index in [1.54, 1.807) is 18.2 Å². The van der Waals surface area contributed by atoms with Crippen molar-refractivity contribution in [2.75, 3.05) is 18.5 Å². The van der Waals surface area contributed by atoms with Crippen molar-refractivity contribution in [3.63, 3.8) is 0 Å². The normalized spacial score (nSPS) is 10.6. The lowest BCUT2D eigenvalue weighted by atomic mass is 10.1. The molecule has 0 fully saturated rings. The molecule has 5 heteroatoms. The first-order valence-electron chi connectivity index (χ1n) is 9.29. The summed E-state index contributed by atoms with van der Waals surface area (Å²) in [4.78, 5) is 24.3. The maximum atomic E-state index is 12.1. The number of hydrogen-bond acceptors (Lipinski definition) is 3. The average molecular weight is 368 g/mol. The summed E-state index contributed by atoms with van der Waals surface area (Å²) >= 11 is 0. The van der Waals surface area contributed by atoms with E-state index in [1.165, 1.54) is 5.56 Å². The summed E-state index contributed by atoms with van der Waals surface area (Å²) in [7, 11) is 0. The molecule has 0 spiro atoms. The molecule has 2 amide bonds. The first-order chi connectivity index (χ1) is 12.9. The molecule has 0 aromatic heterocycles. The zero-order valence-corrected chi connectivity index (χ0v) is 16.5. The fourth-order valence-electron chi connectivity index (χ4n) is 2.50. The van der Waals surface area contributed by atoms with Crippen LogP contribution in [-0.2, 0) is 11.2 Å². The molecule has 2 N–H and O–H groups in total. The Hall–Kier alpha value is -2.82. The van der Waals surface area contributed by atoms with E-state index in [2.05, 4.69) is 17.6 Å². The molecule has 0 radical (unpaired) electrons. The van der Waals surface area contributed by atoms with Crippen LogP contribution in [0.3, 0.4) is 0 Å². The monoisotopic (exact) mass is 368 g/mol. The van der Waals surface area contributed by atoms with Gasteiger partial charge >= 0.3 is 0 Å². The van der Waals surface area contributed by atoms with Crippen LogP contribution in [-0.4, -0.2) is 25.0 Å². The zero-order chi connectivity index (χ0) is 19.8. The lowest BCUT2D eigenvalue weighted by Gasteiger charge is -2.12. The van der Waals surface area contributed by atoms with Crippen LogP contribution in [0.4, 0.5) is 5.69 Å². The Balaban J connectivity index is 1.90. The van der Waals surface area contributed by atoms with Crippen molar-refractivity contribution in [1.82, 2.24) is 5.32 Å². The Kier molecular flexibility index (Phi) is 7.41. The van der Waals surface area contributed by atoms with Gasteiger partial charge in [-0.25, -0.2) is 0 Å². The highest BCUT2D eigenvalue weighted by atomic mass is 16.5. The Morgan fingerprint density at radius 3 is 2.37 bits per heavy atom. The number of nitrogens with one attached hydrogen (secondary N) is 2. The second-order valence-corrected chi connectivity index (χ2v) is 6.97. The number of benzene rings is 2. The average Bonchev–Trinajstić information content (AvgIpc) is 2.66. The topological polar surface area (TPSA) is 67.4 Å². The second kappa shape index (κ2) is 9.76. The van der Waals surface area contributed by atoms with Gasteiger partial charge in [-0.2, -0.15) is 0 Å². The molecular formula is C22H28N2O3. The Bertz CT molecular complexity index is 783. The van der Waals surface area contributed by atoms with Crippen LogP contribution in [0, 0.1) is 12.8 Å². The van der Waals surface area contributed by atoms with Gasteiger partial charge in [0.1, 0.15) is 5.75 Å². The molecule has 0 aliphatic carbocycles. The fraction of sp³-hybridized carbons (Fsp3) is 0.364. The maximum absolute atomic E-state index is 12.1. The molecule has 0 aliphatic rings. The molecule has 0 heterocycles. The molecule has 0 bridgehead atoms. The lowest BCUT2D eigenvalue weighted by Crippen LogP contribution is -2.27. The fourth-order valence-corrected chi connectivity index (χ4v) is 2.50. The molecule has 0 saturated heterocycles. The highest BCUT2D eigenvalue weighted by molar-refractivity contribution is 5.96. The van der Waals surface area contributed by atoms with Crippen LogP contribution < -0.4 is 15.4 Å². The van der Waals surface area contributed by atoms with Gasteiger partial charge in [0, 0.05) is 17.8 Å². The van der Waals surface area contributed by atoms with Crippen LogP contribution in [0.25, 0.3) is 0 Å². The van der Waals surface area contributed by atoms with Gasteiger partial charge in [-0.05, 0) is 60.7 Å². The van der Waals surface area contributed by atoms with Crippen molar-refractivity contribution in [2.45, 2.75) is 34.1 Å². The number of hydrogen-bond donors (Lipinski definition) is 2. The minimum Gasteiger partial charge on any atom is -0.484 e. The van der Waals surface area contributed by atoms with Gasteiger partial charge in [0.2, 0.25) is 0 Å². The number of amides is 2. The van der Waals surface area contributed by atoms with E-state index < -0.39 is 0 Å². The van der Waals surface area contributed by atoms with Crippen molar-refractivity contribution in [3.8, 4) is 5.75 Å². The summed E-state index contributed by atoms with van der Waals surface area (Å²) in [5, 5.41) is 5.71. The van der Waals surface area contributed by atoms with E-state index in [-0.39, 0.29) is 18.4 Å². The maximum Gasteiger partial charge on any atom is 0.262 e. The van der Waals surface area contributed by atoms with E-state index in [4.69, 9.17) is 4.74 Å². The minimum atomic E-state index is -0.241. The number of carbonyl (C=O) groups excluding carboxylic acids is 2. The van der Waals surface area contributed by atoms with Crippen molar-refractivity contribution in [1.29, 1.82) is 0 Å². The van der Waals surface area contributed by atoms with Crippen molar-refractivity contribution >= 4 is 17.5 Å². The van der Waals surface area contributed by atoms with Gasteiger partial charge in [-0.3, -0.25) is 9.59 Å². The molecule has 0 aliphatic heterocycles. The minimum absolute atomic E-state index is 0.0679. The summed E-state index contributed by atoms with van der Waals surface area (Å²) < 4.78 is 5.52. The first-order valence-corrected chi connectivity index (χ1v) is 9.29. The van der Waals surface area contributed by atoms with Gasteiger partial charge < -0.3 is 15.4 Å². The molecule has 2 aromatic rings. The highest BCUT2D eigenvalue weighted by Gasteiger charge is 2.10. The third-order valence-corrected chi connectivity index (χ3v) is 4.14. The van der Waals surface area contributed by atoms with E-state index >= 15 is 0 Å². The number of carbonyl (C=O) groups is 2. The van der Waals surface area contributed by atoms with E-state index in [0.717, 1.165) is 12.0 Å². The number of anilines is 1. The Morgan fingerprint density at radius 2 is 1.78 bits per heavy atom. The van der Waals surface area contributed by atoms with Gasteiger partial charge in [0.25, 0.3) is 11.8 Å². The number of ether oxygens (including phenoxy) is 1. The third kappa shape index (κ3) is 6.44. The zero-order valence-electron chi connectivity index (χ0n) is 16.5. The van der Waals surface area contributed by atoms with Crippen molar-refractivity contribution < 1.29 is 14.3 Å². The molecule has 2 rings (SSSR count). The molecular weight excluding hydrogens is 340 g/mol. The molecule has 0 saturated carbocycles. The van der Waals surface area contributed by atoms with Crippen LogP contribution in [0.2, 0.25) is 0 Å². The predicted octanol–water partition coefficient (Wildman–Crippen LogP) is 3.96. The quantitative estimate of drug-likeness (QED) is 0.741. The number of aryl methyl sites for hydroxylation is 2. The van der Waals surface area contributed by atoms with E-state index in [9.17, 15) is 9.59 Å². The smallest absolute Gasteiger partial charge is 0.262 e. The summed E-state index contributed by atoms with van der Waals surface area (Å²) in [6.07, 6.45) is 0.964. The van der Waals surface area contributed by atoms with E-state index in [0.29, 0.717) is 29.5 Å². The van der Waals surface area contributed by atoms with Gasteiger partial charge in [0.15, 0.2) is 6.61 Å². The Morgan fingerprint density at radius 1 is 1.07 bits per heavy atom. The van der Waals surface area contributed by atoms with Crippen LogP contribution in [0.15, 0.2) is 42.5 Å². The Labute approximate surface area is 161 Å². The van der Waals surface area contributed by atoms with Crippen LogP contribution >= 0.6 is 0 Å². The predicted molar refractivity (Wildman–Crippen MR) is 108 cm³/mol. The van der Waals surface area contributed by atoms with Gasteiger partial charge in [0.05, 0.1) is 0 Å². The van der Waals surface area contributed by atoms with Crippen LogP contribution in [0.1, 0.15) is 42.3 Å². The standard InChI is InChI=1S/C22H28N2O3/c1-5-17-6-9-19(10-7-17)27-14-21(25)24-20-11-8-18(12-16(20)4)22(26)23-13-15(2)3/h6-12,15H,5,13-14H2,1-4H3,(H,23,26)(H,24,25). The molecule has 0 unspecified atom stereocenters. The van der Waals surface area contributed by atoms with Gasteiger partial charge in [-0.1, -0.05) is 32.9 Å². The molecule has 144 valence electrons. The van der Waals surface area contributed by atoms with Crippen LogP contribution in [0.5, 0.6) is 5.75 Å². The summed E-state index contributed by atoms with van der Waals surface area (Å²) in [6, 6.07) is 12.9. The van der Waals surface area contributed by atoms with Crippen molar-refractivity contribution in [2.24, 2.45) is 5.92 Å². The number of rotatable bonds is 8. The molecule has 27 heavy (non-hydrogen) atoms. The highest BCUT2D eigenvalue weighted by Crippen LogP contribution is 2.17. The third-order valence-electron chi connectivity index (χ3n) is 4.14. The summed E-state index contributed by atoms with van der Waals surface area (Å²) in [5.74, 6) is 0.709. The summed E-state index contributed by atoms with van der Waals surface area (Å²) in [6.45, 7) is 8.60. The summed E-state index contributed by atoms with van der Waals surface area (Å²) in [5.41, 5.74) is 3.30. The SMILES string of the molecule is CCc1ccc(OCC(=O)Nc2ccc(C(=O)NCC(C)C)cc2C)cc1. The molecule has 5 nitrogen and oxygen atoms in total. The van der Waals surface area contributed by atoms with E-state index in [1.807, 2.05) is 45.0 Å². The molecule has 0 atom stereocenters. The first kappa shape index (κ1) is 20.5. The lowest BCUT2D eigenvalue weighted by molar-refractivity contribution is -0.118. The second-order valence-electron chi connectivity index (χ2n) is 6.97. The molecule has 2 aromatic carbocycles. The van der Waals surface area contributed by atoms with Gasteiger partial charge in [-0.15, -0.1) is 0 Å². The largest absolute Gasteiger partial charge is 0.484 e. The van der Waals surface area contributed by atoms with Crippen molar-refractivity contribution in [3.05, 3.63) is 59.2 Å².